The second kappa shape index (κ2) is 8.61. The van der Waals surface area contributed by atoms with E-state index in [2.05, 4.69) is 12.2 Å². The summed E-state index contributed by atoms with van der Waals surface area (Å²) in [4.78, 5) is 28.3. The van der Waals surface area contributed by atoms with Gasteiger partial charge in [-0.1, -0.05) is 38.5 Å². The highest BCUT2D eigenvalue weighted by molar-refractivity contribution is 6.01. The highest BCUT2D eigenvalue weighted by Crippen LogP contribution is 2.39. The summed E-state index contributed by atoms with van der Waals surface area (Å²) >= 11 is 0. The van der Waals surface area contributed by atoms with Gasteiger partial charge >= 0.3 is 0 Å². The van der Waals surface area contributed by atoms with Gasteiger partial charge in [0, 0.05) is 12.1 Å². The smallest absolute Gasteiger partial charge is 0.255 e. The van der Waals surface area contributed by atoms with E-state index in [1.54, 1.807) is 19.1 Å². The zero-order valence-electron chi connectivity index (χ0n) is 18.6. The van der Waals surface area contributed by atoms with E-state index >= 15 is 0 Å². The molecule has 0 saturated heterocycles. The van der Waals surface area contributed by atoms with Crippen LogP contribution in [-0.2, 0) is 17.8 Å². The van der Waals surface area contributed by atoms with Crippen LogP contribution in [0.1, 0.15) is 59.8 Å². The molecular formula is C25H30N2O4. The summed E-state index contributed by atoms with van der Waals surface area (Å²) in [6, 6.07) is 11.0. The van der Waals surface area contributed by atoms with E-state index in [0.717, 1.165) is 36.0 Å². The molecule has 0 spiro atoms. The lowest BCUT2D eigenvalue weighted by Gasteiger charge is -2.32. The molecule has 1 heterocycles. The van der Waals surface area contributed by atoms with Crippen molar-refractivity contribution in [2.24, 2.45) is 5.92 Å². The van der Waals surface area contributed by atoms with Gasteiger partial charge in [-0.15, -0.1) is 0 Å². The van der Waals surface area contributed by atoms with Gasteiger partial charge in [-0.2, -0.15) is 0 Å². The largest absolute Gasteiger partial charge is 0.493 e. The van der Waals surface area contributed by atoms with E-state index in [9.17, 15) is 9.59 Å². The van der Waals surface area contributed by atoms with Crippen molar-refractivity contribution in [2.45, 2.75) is 51.7 Å². The molecule has 4 rings (SSSR count). The second-order valence-electron chi connectivity index (χ2n) is 8.43. The van der Waals surface area contributed by atoms with Crippen molar-refractivity contribution in [3.05, 3.63) is 58.7 Å². The molecule has 3 atom stereocenters. The van der Waals surface area contributed by atoms with Gasteiger partial charge in [0.05, 0.1) is 20.3 Å². The van der Waals surface area contributed by atoms with Gasteiger partial charge in [-0.05, 0) is 53.6 Å². The van der Waals surface area contributed by atoms with Crippen molar-refractivity contribution in [1.82, 2.24) is 10.2 Å². The Morgan fingerprint density at radius 3 is 2.55 bits per heavy atom. The number of methoxy groups -OCH3 is 2. The summed E-state index contributed by atoms with van der Waals surface area (Å²) in [6.07, 6.45) is 2.49. The third-order valence-corrected chi connectivity index (χ3v) is 6.68. The number of benzene rings is 2. The van der Waals surface area contributed by atoms with Gasteiger partial charge < -0.3 is 19.7 Å². The molecule has 6 heteroatoms. The molecule has 1 aliphatic heterocycles. The molecule has 31 heavy (non-hydrogen) atoms. The quantitative estimate of drug-likeness (QED) is 0.735. The summed E-state index contributed by atoms with van der Waals surface area (Å²) in [6.45, 7) is 4.57. The Hall–Kier alpha value is -3.02. The first-order valence-corrected chi connectivity index (χ1v) is 10.9. The Balaban J connectivity index is 1.58. The monoisotopic (exact) mass is 422 g/mol. The molecule has 2 aromatic rings. The second-order valence-corrected chi connectivity index (χ2v) is 8.43. The van der Waals surface area contributed by atoms with Crippen LogP contribution in [0.25, 0.3) is 0 Å². The maximum atomic E-state index is 13.5. The number of carbonyl (C=O) groups excluding carboxylic acids is 2. The van der Waals surface area contributed by atoms with Gasteiger partial charge in [-0.25, -0.2) is 0 Å². The van der Waals surface area contributed by atoms with Crippen LogP contribution in [0, 0.1) is 5.92 Å². The minimum Gasteiger partial charge on any atom is -0.493 e. The molecule has 2 aliphatic rings. The molecule has 2 aromatic carbocycles. The van der Waals surface area contributed by atoms with Crippen LogP contribution in [0.4, 0.5) is 0 Å². The minimum atomic E-state index is -0.505. The molecule has 0 saturated carbocycles. The maximum Gasteiger partial charge on any atom is 0.255 e. The SMILES string of the molecule is CCC(C)C(C(=O)NC1CCc2cc(OC)c(OC)cc21)N1Cc2ccccc2C1=O. The lowest BCUT2D eigenvalue weighted by atomic mass is 9.96. The highest BCUT2D eigenvalue weighted by atomic mass is 16.5. The molecule has 6 nitrogen and oxygen atoms in total. The van der Waals surface area contributed by atoms with E-state index in [0.29, 0.717) is 23.6 Å². The normalized spacial score (nSPS) is 18.9. The van der Waals surface area contributed by atoms with Gasteiger partial charge in [0.1, 0.15) is 6.04 Å². The highest BCUT2D eigenvalue weighted by Gasteiger charge is 2.40. The number of carbonyl (C=O) groups is 2. The maximum absolute atomic E-state index is 13.5. The Morgan fingerprint density at radius 1 is 1.16 bits per heavy atom. The summed E-state index contributed by atoms with van der Waals surface area (Å²) in [5, 5.41) is 3.23. The fraction of sp³-hybridized carbons (Fsp3) is 0.440. The Labute approximate surface area is 183 Å². The number of fused-ring (bicyclic) bond motifs is 2. The first kappa shape index (κ1) is 21.2. The number of amides is 2. The molecule has 0 bridgehead atoms. The molecule has 164 valence electrons. The molecule has 1 N–H and O–H groups in total. The van der Waals surface area contributed by atoms with E-state index in [1.807, 2.05) is 43.3 Å². The van der Waals surface area contributed by atoms with Crippen molar-refractivity contribution >= 4 is 11.8 Å². The van der Waals surface area contributed by atoms with Gasteiger partial charge in [0.25, 0.3) is 5.91 Å². The van der Waals surface area contributed by atoms with Crippen LogP contribution in [-0.4, -0.2) is 37.0 Å². The van der Waals surface area contributed by atoms with Gasteiger partial charge in [0.15, 0.2) is 11.5 Å². The molecule has 2 amide bonds. The zero-order chi connectivity index (χ0) is 22.1. The average molecular weight is 423 g/mol. The van der Waals surface area contributed by atoms with Crippen molar-refractivity contribution in [1.29, 1.82) is 0 Å². The molecule has 1 aliphatic carbocycles. The number of ether oxygens (including phenoxy) is 2. The van der Waals surface area contributed by atoms with E-state index in [4.69, 9.17) is 9.47 Å². The van der Waals surface area contributed by atoms with Crippen LogP contribution < -0.4 is 14.8 Å². The fourth-order valence-corrected chi connectivity index (χ4v) is 4.77. The van der Waals surface area contributed by atoms with Crippen molar-refractivity contribution in [2.75, 3.05) is 14.2 Å². The molecule has 0 aromatic heterocycles. The van der Waals surface area contributed by atoms with E-state index in [-0.39, 0.29) is 23.8 Å². The number of rotatable bonds is 7. The van der Waals surface area contributed by atoms with Crippen LogP contribution in [0.3, 0.4) is 0 Å². The van der Waals surface area contributed by atoms with E-state index < -0.39 is 6.04 Å². The first-order valence-electron chi connectivity index (χ1n) is 10.9. The predicted octanol–water partition coefficient (Wildman–Crippen LogP) is 3.88. The lowest BCUT2D eigenvalue weighted by Crippen LogP contribution is -2.51. The van der Waals surface area contributed by atoms with E-state index in [1.165, 1.54) is 0 Å². The Kier molecular flexibility index (Phi) is 5.90. The standard InChI is InChI=1S/C25H30N2O4/c1-5-15(2)23(27-14-17-8-6-7-9-18(17)25(27)29)24(28)26-20-11-10-16-12-21(30-3)22(31-4)13-19(16)20/h6-9,12-13,15,20,23H,5,10-11,14H2,1-4H3,(H,26,28). The van der Waals surface area contributed by atoms with Crippen molar-refractivity contribution in [3.63, 3.8) is 0 Å². The number of nitrogens with zero attached hydrogens (tertiary/aromatic N) is 1. The third kappa shape index (κ3) is 3.75. The zero-order valence-corrected chi connectivity index (χ0v) is 18.6. The van der Waals surface area contributed by atoms with Crippen molar-refractivity contribution < 1.29 is 19.1 Å². The van der Waals surface area contributed by atoms with Crippen LogP contribution in [0.2, 0.25) is 0 Å². The topological polar surface area (TPSA) is 67.9 Å². The van der Waals surface area contributed by atoms with Crippen LogP contribution in [0.15, 0.2) is 36.4 Å². The third-order valence-electron chi connectivity index (χ3n) is 6.68. The number of aryl methyl sites for hydroxylation is 1. The van der Waals surface area contributed by atoms with Gasteiger partial charge in [-0.3, -0.25) is 9.59 Å². The number of nitrogens with one attached hydrogen (secondary N) is 1. The summed E-state index contributed by atoms with van der Waals surface area (Å²) in [5.74, 6) is 1.25. The molecule has 0 radical (unpaired) electrons. The summed E-state index contributed by atoms with van der Waals surface area (Å²) in [5.41, 5.74) is 3.90. The summed E-state index contributed by atoms with van der Waals surface area (Å²) in [7, 11) is 3.24. The number of hydrogen-bond acceptors (Lipinski definition) is 4. The first-order chi connectivity index (χ1) is 15.0. The molecule has 0 fully saturated rings. The van der Waals surface area contributed by atoms with Crippen molar-refractivity contribution in [3.8, 4) is 11.5 Å². The number of hydrogen-bond donors (Lipinski definition) is 1. The Morgan fingerprint density at radius 2 is 1.87 bits per heavy atom. The Bertz CT molecular complexity index is 1000. The van der Waals surface area contributed by atoms with Crippen LogP contribution in [0.5, 0.6) is 11.5 Å². The predicted molar refractivity (Wildman–Crippen MR) is 118 cm³/mol. The lowest BCUT2D eigenvalue weighted by molar-refractivity contribution is -0.128. The summed E-state index contributed by atoms with van der Waals surface area (Å²) < 4.78 is 10.9. The fourth-order valence-electron chi connectivity index (χ4n) is 4.77. The minimum absolute atomic E-state index is 0.0459. The van der Waals surface area contributed by atoms with Crippen LogP contribution >= 0.6 is 0 Å². The van der Waals surface area contributed by atoms with Gasteiger partial charge in [0.2, 0.25) is 5.91 Å². The molecule has 3 unspecified atom stereocenters. The average Bonchev–Trinajstić information content (AvgIpc) is 3.33. The molecular weight excluding hydrogens is 392 g/mol.